The summed E-state index contributed by atoms with van der Waals surface area (Å²) in [5, 5.41) is 0. The van der Waals surface area contributed by atoms with Crippen molar-refractivity contribution < 1.29 is 9.59 Å². The Balaban J connectivity index is 0.000000271. The van der Waals surface area contributed by atoms with Gasteiger partial charge in [-0.05, 0) is 37.1 Å². The summed E-state index contributed by atoms with van der Waals surface area (Å²) in [5.74, 6) is 0.438. The zero-order valence-corrected chi connectivity index (χ0v) is 20.3. The van der Waals surface area contributed by atoms with Gasteiger partial charge in [0.05, 0.1) is 0 Å². The molecule has 2 aromatic carbocycles. The van der Waals surface area contributed by atoms with E-state index in [2.05, 4.69) is 31.9 Å². The van der Waals surface area contributed by atoms with E-state index in [1.54, 1.807) is 0 Å². The summed E-state index contributed by atoms with van der Waals surface area (Å²) >= 11 is 6.84. The second kappa shape index (κ2) is 9.79. The number of aryl methyl sites for hydroxylation is 2. The molecule has 0 spiro atoms. The number of ketones is 2. The largest absolute Gasteiger partial charge is 0.294 e. The van der Waals surface area contributed by atoms with Crippen LogP contribution in [0.1, 0.15) is 66.5 Å². The highest BCUT2D eigenvalue weighted by molar-refractivity contribution is 9.10. The highest BCUT2D eigenvalue weighted by atomic mass is 79.9. The molecule has 0 amide bonds. The first kappa shape index (κ1) is 23.8. The number of rotatable bonds is 3. The van der Waals surface area contributed by atoms with Gasteiger partial charge in [-0.25, -0.2) is 0 Å². The Kier molecular flexibility index (Phi) is 8.62. The summed E-state index contributed by atoms with van der Waals surface area (Å²) in [6.45, 7) is 13.6. The zero-order valence-electron chi connectivity index (χ0n) is 17.1. The lowest BCUT2D eigenvalue weighted by Gasteiger charge is -2.16. The molecule has 0 radical (unpaired) electrons. The molecular formula is C23H28Br2O2. The van der Waals surface area contributed by atoms with Crippen LogP contribution < -0.4 is 0 Å². The fraction of sp³-hybridized carbons (Fsp3) is 0.391. The van der Waals surface area contributed by atoms with E-state index in [1.807, 2.05) is 84.9 Å². The molecule has 0 bridgehead atoms. The minimum atomic E-state index is -0.311. The standard InChI is InChI=1S/C12H15BrO.C11H13BrO/c1-8-5-6-9(7-10(8)13)11(14)12(2,3)4;1-7(2)11(13)9-5-4-8(3)10(12)6-9/h5-7H,1-4H3;4-7H,1-3H3. The van der Waals surface area contributed by atoms with Crippen molar-refractivity contribution in [2.45, 2.75) is 48.5 Å². The van der Waals surface area contributed by atoms with E-state index in [4.69, 9.17) is 0 Å². The van der Waals surface area contributed by atoms with E-state index in [0.29, 0.717) is 0 Å². The van der Waals surface area contributed by atoms with Gasteiger partial charge in [-0.3, -0.25) is 9.59 Å². The molecule has 0 heterocycles. The highest BCUT2D eigenvalue weighted by Gasteiger charge is 2.22. The minimum Gasteiger partial charge on any atom is -0.294 e. The topological polar surface area (TPSA) is 34.1 Å². The van der Waals surface area contributed by atoms with Crippen molar-refractivity contribution in [3.8, 4) is 0 Å². The van der Waals surface area contributed by atoms with Crippen molar-refractivity contribution in [3.63, 3.8) is 0 Å². The quantitative estimate of drug-likeness (QED) is 0.411. The average Bonchev–Trinajstić information content (AvgIpc) is 2.58. The normalized spacial score (nSPS) is 11.0. The van der Waals surface area contributed by atoms with Crippen LogP contribution in [-0.2, 0) is 0 Å². The van der Waals surface area contributed by atoms with Crippen LogP contribution in [0.3, 0.4) is 0 Å². The molecule has 0 atom stereocenters. The molecule has 0 aliphatic rings. The van der Waals surface area contributed by atoms with Crippen LogP contribution in [0.15, 0.2) is 45.3 Å². The summed E-state index contributed by atoms with van der Waals surface area (Å²) in [5.41, 5.74) is 3.55. The third-order valence-electron chi connectivity index (χ3n) is 4.10. The molecule has 0 aromatic heterocycles. The molecule has 2 aromatic rings. The van der Waals surface area contributed by atoms with Crippen molar-refractivity contribution >= 4 is 43.4 Å². The van der Waals surface area contributed by atoms with Gasteiger partial charge in [0.1, 0.15) is 0 Å². The molecule has 2 nitrogen and oxygen atoms in total. The van der Waals surface area contributed by atoms with Gasteiger partial charge in [0.15, 0.2) is 11.6 Å². The zero-order chi connectivity index (χ0) is 20.9. The maximum Gasteiger partial charge on any atom is 0.168 e. The van der Waals surface area contributed by atoms with Crippen LogP contribution in [0.25, 0.3) is 0 Å². The van der Waals surface area contributed by atoms with Crippen LogP contribution in [0, 0.1) is 25.2 Å². The molecule has 27 heavy (non-hydrogen) atoms. The first-order chi connectivity index (χ1) is 12.3. The van der Waals surface area contributed by atoms with Crippen molar-refractivity contribution in [1.29, 1.82) is 0 Å². The smallest absolute Gasteiger partial charge is 0.168 e. The lowest BCUT2D eigenvalue weighted by Crippen LogP contribution is -2.20. The van der Waals surface area contributed by atoms with E-state index in [1.165, 1.54) is 0 Å². The number of hydrogen-bond donors (Lipinski definition) is 0. The molecule has 0 aliphatic heterocycles. The first-order valence-corrected chi connectivity index (χ1v) is 10.5. The molecule has 0 unspecified atom stereocenters. The van der Waals surface area contributed by atoms with Crippen LogP contribution in [0.2, 0.25) is 0 Å². The van der Waals surface area contributed by atoms with E-state index >= 15 is 0 Å². The molecule has 0 N–H and O–H groups in total. The summed E-state index contributed by atoms with van der Waals surface area (Å²) in [6, 6.07) is 11.5. The van der Waals surface area contributed by atoms with Gasteiger partial charge < -0.3 is 0 Å². The van der Waals surface area contributed by atoms with Crippen molar-refractivity contribution in [3.05, 3.63) is 67.6 Å². The maximum absolute atomic E-state index is 11.9. The second-order valence-electron chi connectivity index (χ2n) is 8.03. The number of carbonyl (C=O) groups excluding carboxylic acids is 2. The van der Waals surface area contributed by atoms with E-state index in [9.17, 15) is 9.59 Å². The van der Waals surface area contributed by atoms with E-state index in [0.717, 1.165) is 31.2 Å². The molecular weight excluding hydrogens is 468 g/mol. The van der Waals surface area contributed by atoms with Gasteiger partial charge in [0.2, 0.25) is 0 Å². The third-order valence-corrected chi connectivity index (χ3v) is 5.80. The number of carbonyl (C=O) groups is 2. The van der Waals surface area contributed by atoms with Gasteiger partial charge in [0, 0.05) is 31.4 Å². The SMILES string of the molecule is Cc1ccc(C(=O)C(C)(C)C)cc1Br.Cc1ccc(C(=O)C(C)C)cc1Br. The first-order valence-electron chi connectivity index (χ1n) is 8.96. The number of benzene rings is 2. The lowest BCUT2D eigenvalue weighted by molar-refractivity contribution is 0.0857. The van der Waals surface area contributed by atoms with Gasteiger partial charge >= 0.3 is 0 Å². The number of Topliss-reactive ketones (excluding diaryl/α,β-unsaturated/α-hetero) is 2. The van der Waals surface area contributed by atoms with Crippen LogP contribution in [0.5, 0.6) is 0 Å². The van der Waals surface area contributed by atoms with Gasteiger partial charge in [-0.1, -0.05) is 90.7 Å². The molecule has 0 saturated carbocycles. The molecule has 0 fully saturated rings. The Bertz CT molecular complexity index is 831. The van der Waals surface area contributed by atoms with Crippen molar-refractivity contribution in [2.75, 3.05) is 0 Å². The minimum absolute atomic E-state index is 0.0645. The average molecular weight is 496 g/mol. The Morgan fingerprint density at radius 3 is 1.59 bits per heavy atom. The third kappa shape index (κ3) is 7.00. The fourth-order valence-corrected chi connectivity index (χ4v) is 3.00. The second-order valence-corrected chi connectivity index (χ2v) is 9.73. The molecule has 2 rings (SSSR count). The van der Waals surface area contributed by atoms with Gasteiger partial charge in [-0.2, -0.15) is 0 Å². The van der Waals surface area contributed by atoms with Crippen LogP contribution >= 0.6 is 31.9 Å². The van der Waals surface area contributed by atoms with Crippen LogP contribution in [0.4, 0.5) is 0 Å². The molecule has 146 valence electrons. The van der Waals surface area contributed by atoms with Gasteiger partial charge in [0.25, 0.3) is 0 Å². The van der Waals surface area contributed by atoms with Crippen LogP contribution in [-0.4, -0.2) is 11.6 Å². The van der Waals surface area contributed by atoms with Gasteiger partial charge in [-0.15, -0.1) is 0 Å². The number of hydrogen-bond acceptors (Lipinski definition) is 2. The molecule has 0 saturated heterocycles. The highest BCUT2D eigenvalue weighted by Crippen LogP contribution is 2.24. The molecule has 0 aliphatic carbocycles. The Labute approximate surface area is 180 Å². The summed E-state index contributed by atoms with van der Waals surface area (Å²) < 4.78 is 1.99. The van der Waals surface area contributed by atoms with E-state index in [-0.39, 0.29) is 22.9 Å². The number of halogens is 2. The Hall–Kier alpha value is -1.26. The Morgan fingerprint density at radius 1 is 0.815 bits per heavy atom. The summed E-state index contributed by atoms with van der Waals surface area (Å²) in [6.07, 6.45) is 0. The lowest BCUT2D eigenvalue weighted by atomic mass is 9.86. The predicted molar refractivity (Wildman–Crippen MR) is 121 cm³/mol. The fourth-order valence-electron chi connectivity index (χ4n) is 2.25. The predicted octanol–water partition coefficient (Wildman–Crippen LogP) is 7.58. The Morgan fingerprint density at radius 2 is 1.22 bits per heavy atom. The maximum atomic E-state index is 11.9. The summed E-state index contributed by atoms with van der Waals surface area (Å²) in [4.78, 5) is 23.5. The van der Waals surface area contributed by atoms with Crippen molar-refractivity contribution in [2.24, 2.45) is 11.3 Å². The monoisotopic (exact) mass is 494 g/mol. The molecule has 4 heteroatoms. The van der Waals surface area contributed by atoms with E-state index < -0.39 is 0 Å². The summed E-state index contributed by atoms with van der Waals surface area (Å²) in [7, 11) is 0. The van der Waals surface area contributed by atoms with Crippen molar-refractivity contribution in [1.82, 2.24) is 0 Å².